The zero-order valence-corrected chi connectivity index (χ0v) is 13.3. The quantitative estimate of drug-likeness (QED) is 0.742. The summed E-state index contributed by atoms with van der Waals surface area (Å²) in [7, 11) is 1.65. The molecular formula is C15H15BrO2S. The summed E-state index contributed by atoms with van der Waals surface area (Å²) in [6.45, 7) is 2.00. The second-order valence-electron chi connectivity index (χ2n) is 4.34. The smallest absolute Gasteiger partial charge is 0.173 e. The predicted octanol–water partition coefficient (Wildman–Crippen LogP) is 4.64. The average Bonchev–Trinajstić information content (AvgIpc) is 2.77. The van der Waals surface area contributed by atoms with E-state index in [9.17, 15) is 4.79 Å². The molecule has 0 radical (unpaired) electrons. The van der Waals surface area contributed by atoms with E-state index in [-0.39, 0.29) is 5.78 Å². The van der Waals surface area contributed by atoms with Crippen LogP contribution in [0.4, 0.5) is 0 Å². The Hall–Kier alpha value is -1.13. The number of thiophene rings is 1. The SMILES string of the molecule is COc1ccc(CCC(=O)c2cc(C)c(Br)s2)cc1. The first-order valence-corrected chi connectivity index (χ1v) is 7.63. The van der Waals surface area contributed by atoms with Gasteiger partial charge in [0.15, 0.2) is 5.78 Å². The third-order valence-corrected chi connectivity index (χ3v) is 5.11. The van der Waals surface area contributed by atoms with Crippen LogP contribution in [0.15, 0.2) is 34.1 Å². The molecule has 0 N–H and O–H groups in total. The minimum absolute atomic E-state index is 0.203. The maximum atomic E-state index is 12.1. The highest BCUT2D eigenvalue weighted by Gasteiger charge is 2.11. The summed E-state index contributed by atoms with van der Waals surface area (Å²) in [6.07, 6.45) is 1.30. The fourth-order valence-electron chi connectivity index (χ4n) is 1.77. The topological polar surface area (TPSA) is 26.3 Å². The third-order valence-electron chi connectivity index (χ3n) is 2.93. The van der Waals surface area contributed by atoms with Gasteiger partial charge in [-0.15, -0.1) is 11.3 Å². The van der Waals surface area contributed by atoms with E-state index < -0.39 is 0 Å². The van der Waals surface area contributed by atoms with E-state index in [2.05, 4.69) is 15.9 Å². The number of aryl methyl sites for hydroxylation is 2. The second kappa shape index (κ2) is 6.35. The molecule has 2 rings (SSSR count). The largest absolute Gasteiger partial charge is 0.497 e. The molecule has 0 bridgehead atoms. The Bertz CT molecular complexity index is 553. The number of ether oxygens (including phenoxy) is 1. The van der Waals surface area contributed by atoms with E-state index in [1.807, 2.05) is 37.3 Å². The van der Waals surface area contributed by atoms with Gasteiger partial charge in [-0.3, -0.25) is 4.79 Å². The number of rotatable bonds is 5. The number of Topliss-reactive ketones (excluding diaryl/α,β-unsaturated/α-hetero) is 1. The lowest BCUT2D eigenvalue weighted by Gasteiger charge is -2.02. The van der Waals surface area contributed by atoms with Gasteiger partial charge >= 0.3 is 0 Å². The summed E-state index contributed by atoms with van der Waals surface area (Å²) >= 11 is 4.96. The molecule has 2 aromatic rings. The van der Waals surface area contributed by atoms with Crippen LogP contribution in [0.1, 0.15) is 27.2 Å². The predicted molar refractivity (Wildman–Crippen MR) is 82.4 cm³/mol. The Morgan fingerprint density at radius 1 is 1.32 bits per heavy atom. The van der Waals surface area contributed by atoms with Crippen molar-refractivity contribution >= 4 is 33.0 Å². The van der Waals surface area contributed by atoms with Crippen molar-refractivity contribution < 1.29 is 9.53 Å². The third kappa shape index (κ3) is 3.67. The van der Waals surface area contributed by atoms with E-state index in [0.717, 1.165) is 32.0 Å². The summed E-state index contributed by atoms with van der Waals surface area (Å²) in [5.41, 5.74) is 2.28. The summed E-state index contributed by atoms with van der Waals surface area (Å²) < 4.78 is 6.15. The molecule has 1 aromatic heterocycles. The minimum atomic E-state index is 0.203. The van der Waals surface area contributed by atoms with Gasteiger partial charge in [-0.25, -0.2) is 0 Å². The van der Waals surface area contributed by atoms with Gasteiger partial charge in [0.25, 0.3) is 0 Å². The van der Waals surface area contributed by atoms with Crippen molar-refractivity contribution in [1.29, 1.82) is 0 Å². The number of ketones is 1. The van der Waals surface area contributed by atoms with Crippen LogP contribution in [0.5, 0.6) is 5.75 Å². The normalized spacial score (nSPS) is 10.5. The molecule has 0 amide bonds. The maximum Gasteiger partial charge on any atom is 0.173 e. The summed E-state index contributed by atoms with van der Waals surface area (Å²) in [6, 6.07) is 9.80. The van der Waals surface area contributed by atoms with E-state index in [4.69, 9.17) is 4.74 Å². The fraction of sp³-hybridized carbons (Fsp3) is 0.267. The van der Waals surface area contributed by atoms with Gasteiger partial charge in [0.1, 0.15) is 5.75 Å². The van der Waals surface area contributed by atoms with Crippen LogP contribution in [-0.4, -0.2) is 12.9 Å². The Balaban J connectivity index is 1.96. The molecule has 0 aliphatic rings. The van der Waals surface area contributed by atoms with Gasteiger partial charge in [-0.1, -0.05) is 12.1 Å². The van der Waals surface area contributed by atoms with Crippen LogP contribution in [-0.2, 0) is 6.42 Å². The lowest BCUT2D eigenvalue weighted by Crippen LogP contribution is -1.98. The van der Waals surface area contributed by atoms with Crippen molar-refractivity contribution in [3.63, 3.8) is 0 Å². The van der Waals surface area contributed by atoms with Crippen molar-refractivity contribution in [3.05, 3.63) is 50.1 Å². The zero-order valence-electron chi connectivity index (χ0n) is 10.9. The van der Waals surface area contributed by atoms with Crippen molar-refractivity contribution in [2.45, 2.75) is 19.8 Å². The molecule has 1 aromatic carbocycles. The molecule has 0 unspecified atom stereocenters. The molecule has 0 saturated heterocycles. The summed E-state index contributed by atoms with van der Waals surface area (Å²) in [5.74, 6) is 1.04. The first kappa shape index (κ1) is 14.3. The number of methoxy groups -OCH3 is 1. The second-order valence-corrected chi connectivity index (χ2v) is 6.71. The average molecular weight is 339 g/mol. The first-order valence-electron chi connectivity index (χ1n) is 6.02. The van der Waals surface area contributed by atoms with Gasteiger partial charge in [0.05, 0.1) is 15.8 Å². The number of hydrogen-bond donors (Lipinski definition) is 0. The molecule has 0 aliphatic carbocycles. The van der Waals surface area contributed by atoms with Crippen molar-refractivity contribution in [2.24, 2.45) is 0 Å². The highest BCUT2D eigenvalue weighted by atomic mass is 79.9. The van der Waals surface area contributed by atoms with E-state index in [0.29, 0.717) is 6.42 Å². The Morgan fingerprint density at radius 3 is 2.53 bits per heavy atom. The number of halogens is 1. The first-order chi connectivity index (χ1) is 9.10. The van der Waals surface area contributed by atoms with Crippen LogP contribution in [0.2, 0.25) is 0 Å². The molecule has 100 valence electrons. The molecular weight excluding hydrogens is 324 g/mol. The number of carbonyl (C=O) groups excluding carboxylic acids is 1. The van der Waals surface area contributed by atoms with Gasteiger partial charge in [-0.05, 0) is 58.6 Å². The number of benzene rings is 1. The maximum absolute atomic E-state index is 12.1. The van der Waals surface area contributed by atoms with Crippen LogP contribution in [0.3, 0.4) is 0 Å². The van der Waals surface area contributed by atoms with E-state index >= 15 is 0 Å². The van der Waals surface area contributed by atoms with Gasteiger partial charge < -0.3 is 4.74 Å². The molecule has 19 heavy (non-hydrogen) atoms. The van der Waals surface area contributed by atoms with Gasteiger partial charge in [0.2, 0.25) is 0 Å². The number of hydrogen-bond acceptors (Lipinski definition) is 3. The van der Waals surface area contributed by atoms with E-state index in [1.165, 1.54) is 11.3 Å². The fourth-order valence-corrected chi connectivity index (χ4v) is 3.27. The van der Waals surface area contributed by atoms with Gasteiger partial charge in [-0.2, -0.15) is 0 Å². The molecule has 0 saturated carbocycles. The minimum Gasteiger partial charge on any atom is -0.497 e. The zero-order chi connectivity index (χ0) is 13.8. The van der Waals surface area contributed by atoms with Crippen LogP contribution >= 0.6 is 27.3 Å². The lowest BCUT2D eigenvalue weighted by atomic mass is 10.1. The summed E-state index contributed by atoms with van der Waals surface area (Å²) in [5, 5.41) is 0. The Kier molecular flexibility index (Phi) is 4.77. The van der Waals surface area contributed by atoms with Crippen LogP contribution in [0, 0.1) is 6.92 Å². The molecule has 0 fully saturated rings. The lowest BCUT2D eigenvalue weighted by molar-refractivity contribution is 0.0986. The van der Waals surface area contributed by atoms with Crippen LogP contribution < -0.4 is 4.74 Å². The molecule has 2 nitrogen and oxygen atoms in total. The highest BCUT2D eigenvalue weighted by molar-refractivity contribution is 9.11. The molecule has 1 heterocycles. The van der Waals surface area contributed by atoms with Crippen molar-refractivity contribution in [2.75, 3.05) is 7.11 Å². The monoisotopic (exact) mass is 338 g/mol. The highest BCUT2D eigenvalue weighted by Crippen LogP contribution is 2.28. The number of carbonyl (C=O) groups is 1. The van der Waals surface area contributed by atoms with Crippen molar-refractivity contribution in [3.8, 4) is 5.75 Å². The van der Waals surface area contributed by atoms with Crippen molar-refractivity contribution in [1.82, 2.24) is 0 Å². The van der Waals surface area contributed by atoms with Crippen LogP contribution in [0.25, 0.3) is 0 Å². The Morgan fingerprint density at radius 2 is 2.00 bits per heavy atom. The van der Waals surface area contributed by atoms with Gasteiger partial charge in [0, 0.05) is 6.42 Å². The summed E-state index contributed by atoms with van der Waals surface area (Å²) in [4.78, 5) is 12.9. The molecule has 4 heteroatoms. The standard InChI is InChI=1S/C15H15BrO2S/c1-10-9-14(19-15(10)16)13(17)8-5-11-3-6-12(18-2)7-4-11/h3-4,6-7,9H,5,8H2,1-2H3. The Labute approximate surface area is 125 Å². The molecule has 0 aliphatic heterocycles. The molecule has 0 atom stereocenters. The molecule has 0 spiro atoms. The van der Waals surface area contributed by atoms with E-state index in [1.54, 1.807) is 7.11 Å².